The summed E-state index contributed by atoms with van der Waals surface area (Å²) in [6, 6.07) is 6.21. The fourth-order valence-corrected chi connectivity index (χ4v) is 2.85. The van der Waals surface area contributed by atoms with Crippen molar-refractivity contribution in [3.8, 4) is 0 Å². The Morgan fingerprint density at radius 2 is 2.00 bits per heavy atom. The third-order valence-corrected chi connectivity index (χ3v) is 4.02. The summed E-state index contributed by atoms with van der Waals surface area (Å²) in [4.78, 5) is 12.4. The van der Waals surface area contributed by atoms with Gasteiger partial charge in [-0.15, -0.1) is 0 Å². The summed E-state index contributed by atoms with van der Waals surface area (Å²) >= 11 is 0. The maximum absolute atomic E-state index is 12.4. The average Bonchev–Trinajstić information content (AvgIpc) is 2.82. The van der Waals surface area contributed by atoms with E-state index in [9.17, 15) is 4.79 Å². The highest BCUT2D eigenvalue weighted by atomic mass is 16.5. The zero-order valence-corrected chi connectivity index (χ0v) is 11.5. The smallest absolute Gasteiger partial charge is 0.143 e. The number of rotatable bonds is 4. The lowest BCUT2D eigenvalue weighted by Crippen LogP contribution is -2.25. The van der Waals surface area contributed by atoms with Crippen LogP contribution in [0.4, 0.5) is 0 Å². The fraction of sp³-hybridized carbons (Fsp3) is 0.562. The molecule has 0 saturated carbocycles. The Bertz CT molecular complexity index is 416. The van der Waals surface area contributed by atoms with Gasteiger partial charge in [-0.1, -0.05) is 25.1 Å². The van der Waals surface area contributed by atoms with Gasteiger partial charge in [0.15, 0.2) is 0 Å². The van der Waals surface area contributed by atoms with E-state index in [2.05, 4.69) is 32.9 Å². The summed E-state index contributed by atoms with van der Waals surface area (Å²) in [5, 5.41) is 0. The molecule has 2 rings (SSSR count). The first-order valence-electron chi connectivity index (χ1n) is 6.83. The third kappa shape index (κ3) is 2.64. The Morgan fingerprint density at radius 3 is 2.61 bits per heavy atom. The van der Waals surface area contributed by atoms with Gasteiger partial charge < -0.3 is 4.74 Å². The molecule has 2 heteroatoms. The Balaban J connectivity index is 2.12. The van der Waals surface area contributed by atoms with E-state index in [0.29, 0.717) is 12.2 Å². The van der Waals surface area contributed by atoms with Crippen LogP contribution in [0, 0.1) is 19.8 Å². The highest BCUT2D eigenvalue weighted by molar-refractivity contribution is 5.84. The molecule has 2 atom stereocenters. The van der Waals surface area contributed by atoms with Gasteiger partial charge in [-0.25, -0.2) is 0 Å². The number of aryl methyl sites for hydroxylation is 2. The largest absolute Gasteiger partial charge is 0.377 e. The minimum atomic E-state index is 0.106. The summed E-state index contributed by atoms with van der Waals surface area (Å²) in [6.45, 7) is 6.99. The molecule has 2 nitrogen and oxygen atoms in total. The Labute approximate surface area is 109 Å². The molecule has 98 valence electrons. The summed E-state index contributed by atoms with van der Waals surface area (Å²) in [5.41, 5.74) is 3.63. The van der Waals surface area contributed by atoms with Crippen LogP contribution in [0.2, 0.25) is 0 Å². The topological polar surface area (TPSA) is 26.3 Å². The SMILES string of the molecule is CCC1OCCC1C(=O)Cc1c(C)cccc1C. The Morgan fingerprint density at radius 1 is 1.33 bits per heavy atom. The van der Waals surface area contributed by atoms with Crippen molar-refractivity contribution in [1.82, 2.24) is 0 Å². The maximum atomic E-state index is 12.4. The van der Waals surface area contributed by atoms with Crippen LogP contribution in [0.3, 0.4) is 0 Å². The minimum absolute atomic E-state index is 0.106. The number of benzene rings is 1. The fourth-order valence-electron chi connectivity index (χ4n) is 2.85. The zero-order valence-electron chi connectivity index (χ0n) is 11.5. The van der Waals surface area contributed by atoms with Crippen LogP contribution >= 0.6 is 0 Å². The molecule has 1 aromatic rings. The van der Waals surface area contributed by atoms with Crippen LogP contribution in [0.15, 0.2) is 18.2 Å². The van der Waals surface area contributed by atoms with E-state index in [1.54, 1.807) is 0 Å². The second kappa shape index (κ2) is 5.66. The summed E-state index contributed by atoms with van der Waals surface area (Å²) in [5.74, 6) is 0.450. The maximum Gasteiger partial charge on any atom is 0.143 e. The van der Waals surface area contributed by atoms with E-state index < -0.39 is 0 Å². The van der Waals surface area contributed by atoms with Gasteiger partial charge in [0, 0.05) is 18.9 Å². The predicted molar refractivity (Wildman–Crippen MR) is 72.8 cm³/mol. The van der Waals surface area contributed by atoms with E-state index >= 15 is 0 Å². The van der Waals surface area contributed by atoms with Crippen LogP contribution in [0.1, 0.15) is 36.5 Å². The van der Waals surface area contributed by atoms with Gasteiger partial charge in [0.2, 0.25) is 0 Å². The van der Waals surface area contributed by atoms with Gasteiger partial charge in [-0.05, 0) is 43.4 Å². The van der Waals surface area contributed by atoms with Gasteiger partial charge in [0.1, 0.15) is 5.78 Å². The molecule has 1 fully saturated rings. The molecule has 1 aliphatic rings. The van der Waals surface area contributed by atoms with E-state index in [1.165, 1.54) is 16.7 Å². The number of carbonyl (C=O) groups is 1. The van der Waals surface area contributed by atoms with Crippen molar-refractivity contribution in [2.24, 2.45) is 5.92 Å². The minimum Gasteiger partial charge on any atom is -0.377 e. The monoisotopic (exact) mass is 246 g/mol. The van der Waals surface area contributed by atoms with E-state index in [4.69, 9.17) is 4.74 Å². The lowest BCUT2D eigenvalue weighted by molar-refractivity contribution is -0.123. The molecular formula is C16H22O2. The molecule has 0 spiro atoms. The summed E-state index contributed by atoms with van der Waals surface area (Å²) in [6.07, 6.45) is 2.52. The van der Waals surface area contributed by atoms with Gasteiger partial charge >= 0.3 is 0 Å². The zero-order chi connectivity index (χ0) is 13.1. The van der Waals surface area contributed by atoms with Gasteiger partial charge in [0.25, 0.3) is 0 Å². The standard InChI is InChI=1S/C16H22O2/c1-4-16-13(8-9-18-16)15(17)10-14-11(2)6-5-7-12(14)3/h5-7,13,16H,4,8-10H2,1-3H3. The van der Waals surface area contributed by atoms with Crippen molar-refractivity contribution in [2.45, 2.75) is 46.1 Å². The molecule has 0 aromatic heterocycles. The normalized spacial score (nSPS) is 23.3. The summed E-state index contributed by atoms with van der Waals surface area (Å²) < 4.78 is 5.61. The lowest BCUT2D eigenvalue weighted by Gasteiger charge is -2.17. The summed E-state index contributed by atoms with van der Waals surface area (Å²) in [7, 11) is 0. The van der Waals surface area contributed by atoms with Crippen molar-refractivity contribution in [3.05, 3.63) is 34.9 Å². The van der Waals surface area contributed by atoms with Gasteiger partial charge in [0.05, 0.1) is 6.10 Å². The number of ketones is 1. The number of Topliss-reactive ketones (excluding diaryl/α,β-unsaturated/α-hetero) is 1. The molecule has 2 unspecified atom stereocenters. The van der Waals surface area contributed by atoms with Crippen molar-refractivity contribution >= 4 is 5.78 Å². The van der Waals surface area contributed by atoms with Gasteiger partial charge in [-0.2, -0.15) is 0 Å². The second-order valence-corrected chi connectivity index (χ2v) is 5.23. The number of carbonyl (C=O) groups excluding carboxylic acids is 1. The molecule has 0 amide bonds. The van der Waals surface area contributed by atoms with E-state index in [0.717, 1.165) is 19.4 Å². The van der Waals surface area contributed by atoms with Crippen LogP contribution in [-0.4, -0.2) is 18.5 Å². The van der Waals surface area contributed by atoms with Crippen LogP contribution < -0.4 is 0 Å². The van der Waals surface area contributed by atoms with Crippen molar-refractivity contribution in [3.63, 3.8) is 0 Å². The average molecular weight is 246 g/mol. The number of hydrogen-bond donors (Lipinski definition) is 0. The van der Waals surface area contributed by atoms with Crippen LogP contribution in [-0.2, 0) is 16.0 Å². The lowest BCUT2D eigenvalue weighted by atomic mass is 9.88. The van der Waals surface area contributed by atoms with Gasteiger partial charge in [-0.3, -0.25) is 4.79 Å². The van der Waals surface area contributed by atoms with E-state index in [1.807, 2.05) is 6.07 Å². The second-order valence-electron chi connectivity index (χ2n) is 5.23. The molecular weight excluding hydrogens is 224 g/mol. The van der Waals surface area contributed by atoms with Crippen LogP contribution in [0.25, 0.3) is 0 Å². The first-order chi connectivity index (χ1) is 8.63. The molecule has 0 N–H and O–H groups in total. The van der Waals surface area contributed by atoms with Crippen molar-refractivity contribution < 1.29 is 9.53 Å². The quantitative estimate of drug-likeness (QED) is 0.815. The number of hydrogen-bond acceptors (Lipinski definition) is 2. The first-order valence-corrected chi connectivity index (χ1v) is 6.83. The predicted octanol–water partition coefficient (Wildman–Crippen LogP) is 3.23. The molecule has 0 bridgehead atoms. The Hall–Kier alpha value is -1.15. The molecule has 1 heterocycles. The molecule has 1 aliphatic heterocycles. The molecule has 0 aliphatic carbocycles. The number of ether oxygens (including phenoxy) is 1. The molecule has 0 radical (unpaired) electrons. The Kier molecular flexibility index (Phi) is 4.18. The molecule has 18 heavy (non-hydrogen) atoms. The van der Waals surface area contributed by atoms with Crippen molar-refractivity contribution in [2.75, 3.05) is 6.61 Å². The van der Waals surface area contributed by atoms with Crippen LogP contribution in [0.5, 0.6) is 0 Å². The molecule has 1 aromatic carbocycles. The third-order valence-electron chi connectivity index (χ3n) is 4.02. The van der Waals surface area contributed by atoms with Crippen molar-refractivity contribution in [1.29, 1.82) is 0 Å². The first kappa shape index (κ1) is 13.3. The van der Waals surface area contributed by atoms with E-state index in [-0.39, 0.29) is 12.0 Å². The molecule has 1 saturated heterocycles. The highest BCUT2D eigenvalue weighted by Gasteiger charge is 2.32. The highest BCUT2D eigenvalue weighted by Crippen LogP contribution is 2.26.